The number of nitrogens with one attached hydrogen (secondary N) is 1. The van der Waals surface area contributed by atoms with E-state index in [0.717, 1.165) is 0 Å². The number of anilines is 1. The third-order valence-corrected chi connectivity index (χ3v) is 3.05. The van der Waals surface area contributed by atoms with Gasteiger partial charge < -0.3 is 10.1 Å². The molecule has 0 saturated carbocycles. The lowest BCUT2D eigenvalue weighted by atomic mass is 10.3. The third kappa shape index (κ3) is 2.88. The van der Waals surface area contributed by atoms with E-state index in [1.165, 1.54) is 6.07 Å². The van der Waals surface area contributed by atoms with E-state index in [2.05, 4.69) is 26.2 Å². The van der Waals surface area contributed by atoms with Crippen molar-refractivity contribution in [1.82, 2.24) is 9.55 Å². The van der Waals surface area contributed by atoms with Gasteiger partial charge in [-0.15, -0.1) is 0 Å². The molecule has 0 atom stereocenters. The molecule has 96 valence electrons. The van der Waals surface area contributed by atoms with Crippen LogP contribution in [-0.2, 0) is 4.74 Å². The van der Waals surface area contributed by atoms with Crippen LogP contribution < -0.4 is 5.32 Å². The van der Waals surface area contributed by atoms with Crippen LogP contribution in [0.2, 0.25) is 0 Å². The highest BCUT2D eigenvalue weighted by Crippen LogP contribution is 2.21. The van der Waals surface area contributed by atoms with Gasteiger partial charge >= 0.3 is 0 Å². The molecule has 0 aliphatic heterocycles. The van der Waals surface area contributed by atoms with Gasteiger partial charge in [0.15, 0.2) is 0 Å². The van der Waals surface area contributed by atoms with Crippen molar-refractivity contribution in [2.45, 2.75) is 0 Å². The lowest BCUT2D eigenvalue weighted by Crippen LogP contribution is -2.11. The standard InChI is InChI=1S/C12H13BrFN3O/c1-18-7-5-16-12-15-4-6-17(12)9-2-3-10(13)11(14)8-9/h2-4,6,8H,5,7H2,1H3,(H,15,16). The lowest BCUT2D eigenvalue weighted by molar-refractivity contribution is 0.210. The van der Waals surface area contributed by atoms with Crippen LogP contribution in [0.15, 0.2) is 35.1 Å². The summed E-state index contributed by atoms with van der Waals surface area (Å²) in [5.41, 5.74) is 0.716. The zero-order chi connectivity index (χ0) is 13.0. The maximum Gasteiger partial charge on any atom is 0.207 e. The molecule has 1 aromatic carbocycles. The Morgan fingerprint density at radius 3 is 3.06 bits per heavy atom. The van der Waals surface area contributed by atoms with E-state index in [1.807, 2.05) is 6.07 Å². The van der Waals surface area contributed by atoms with E-state index in [-0.39, 0.29) is 5.82 Å². The molecule has 0 saturated heterocycles. The molecule has 1 aromatic heterocycles. The maximum atomic E-state index is 13.5. The van der Waals surface area contributed by atoms with Crippen LogP contribution in [0.25, 0.3) is 5.69 Å². The van der Waals surface area contributed by atoms with Gasteiger partial charge in [-0.2, -0.15) is 0 Å². The summed E-state index contributed by atoms with van der Waals surface area (Å²) in [6.45, 7) is 1.23. The normalized spacial score (nSPS) is 10.6. The highest BCUT2D eigenvalue weighted by molar-refractivity contribution is 9.10. The Labute approximate surface area is 113 Å². The first-order chi connectivity index (χ1) is 8.72. The SMILES string of the molecule is COCCNc1nccn1-c1ccc(Br)c(F)c1. The first-order valence-corrected chi connectivity index (χ1v) is 6.23. The fourth-order valence-electron chi connectivity index (χ4n) is 1.54. The largest absolute Gasteiger partial charge is 0.383 e. The average Bonchev–Trinajstić information content (AvgIpc) is 2.81. The van der Waals surface area contributed by atoms with Crippen molar-refractivity contribution in [1.29, 1.82) is 0 Å². The minimum atomic E-state index is -0.302. The Bertz CT molecular complexity index is 530. The van der Waals surface area contributed by atoms with E-state index in [1.54, 1.807) is 30.1 Å². The number of aromatic nitrogens is 2. The van der Waals surface area contributed by atoms with Gasteiger partial charge in [-0.1, -0.05) is 0 Å². The number of rotatable bonds is 5. The van der Waals surface area contributed by atoms with Gasteiger partial charge in [-0.05, 0) is 34.1 Å². The highest BCUT2D eigenvalue weighted by Gasteiger charge is 2.06. The van der Waals surface area contributed by atoms with Crippen molar-refractivity contribution >= 4 is 21.9 Å². The first kappa shape index (κ1) is 13.0. The van der Waals surface area contributed by atoms with Crippen LogP contribution in [0.1, 0.15) is 0 Å². The van der Waals surface area contributed by atoms with Gasteiger partial charge in [0.25, 0.3) is 0 Å². The van der Waals surface area contributed by atoms with Crippen molar-refractivity contribution in [2.24, 2.45) is 0 Å². The van der Waals surface area contributed by atoms with Gasteiger partial charge in [-0.3, -0.25) is 4.57 Å². The summed E-state index contributed by atoms with van der Waals surface area (Å²) in [6, 6.07) is 4.94. The van der Waals surface area contributed by atoms with Crippen LogP contribution in [-0.4, -0.2) is 29.8 Å². The predicted octanol–water partition coefficient (Wildman–Crippen LogP) is 2.83. The number of halogens is 2. The molecular formula is C12H13BrFN3O. The van der Waals surface area contributed by atoms with Crippen molar-refractivity contribution in [3.8, 4) is 5.69 Å². The molecule has 0 unspecified atom stereocenters. The van der Waals surface area contributed by atoms with Crippen LogP contribution in [0.3, 0.4) is 0 Å². The molecule has 4 nitrogen and oxygen atoms in total. The van der Waals surface area contributed by atoms with Crippen LogP contribution in [0.4, 0.5) is 10.3 Å². The van der Waals surface area contributed by atoms with E-state index in [9.17, 15) is 4.39 Å². The minimum absolute atomic E-state index is 0.302. The number of benzene rings is 1. The molecule has 18 heavy (non-hydrogen) atoms. The quantitative estimate of drug-likeness (QED) is 0.863. The van der Waals surface area contributed by atoms with E-state index in [0.29, 0.717) is 29.3 Å². The Kier molecular flexibility index (Phi) is 4.33. The van der Waals surface area contributed by atoms with Gasteiger partial charge in [0.1, 0.15) is 5.82 Å². The average molecular weight is 314 g/mol. The summed E-state index contributed by atoms with van der Waals surface area (Å²) in [7, 11) is 1.64. The van der Waals surface area contributed by atoms with Gasteiger partial charge in [0.2, 0.25) is 5.95 Å². The van der Waals surface area contributed by atoms with Gasteiger partial charge in [0, 0.05) is 26.0 Å². The van der Waals surface area contributed by atoms with Crippen molar-refractivity contribution in [3.63, 3.8) is 0 Å². The van der Waals surface area contributed by atoms with Crippen molar-refractivity contribution in [3.05, 3.63) is 40.9 Å². The summed E-state index contributed by atoms with van der Waals surface area (Å²) in [4.78, 5) is 4.18. The van der Waals surface area contributed by atoms with Gasteiger partial charge in [0.05, 0.1) is 16.8 Å². The Hall–Kier alpha value is -1.40. The number of imidazole rings is 1. The Morgan fingerprint density at radius 2 is 2.33 bits per heavy atom. The van der Waals surface area contributed by atoms with E-state index < -0.39 is 0 Å². The third-order valence-electron chi connectivity index (χ3n) is 2.41. The lowest BCUT2D eigenvalue weighted by Gasteiger charge is -2.10. The summed E-state index contributed by atoms with van der Waals surface area (Å²) in [5.74, 6) is 0.359. The summed E-state index contributed by atoms with van der Waals surface area (Å²) >= 11 is 3.13. The molecule has 1 heterocycles. The molecule has 0 aliphatic carbocycles. The minimum Gasteiger partial charge on any atom is -0.383 e. The number of ether oxygens (including phenoxy) is 1. The number of methoxy groups -OCH3 is 1. The summed E-state index contributed by atoms with van der Waals surface area (Å²) < 4.78 is 20.7. The molecule has 0 radical (unpaired) electrons. The van der Waals surface area contributed by atoms with Crippen LogP contribution in [0, 0.1) is 5.82 Å². The predicted molar refractivity (Wildman–Crippen MR) is 71.6 cm³/mol. The fourth-order valence-corrected chi connectivity index (χ4v) is 1.79. The molecule has 1 N–H and O–H groups in total. The van der Waals surface area contributed by atoms with Crippen LogP contribution in [0.5, 0.6) is 0 Å². The fraction of sp³-hybridized carbons (Fsp3) is 0.250. The Morgan fingerprint density at radius 1 is 1.50 bits per heavy atom. The van der Waals surface area contributed by atoms with Crippen LogP contribution >= 0.6 is 15.9 Å². The molecule has 6 heteroatoms. The first-order valence-electron chi connectivity index (χ1n) is 5.44. The zero-order valence-electron chi connectivity index (χ0n) is 9.86. The second-order valence-electron chi connectivity index (χ2n) is 3.64. The topological polar surface area (TPSA) is 39.1 Å². The molecule has 0 fully saturated rings. The maximum absolute atomic E-state index is 13.5. The smallest absolute Gasteiger partial charge is 0.207 e. The number of nitrogens with zero attached hydrogens (tertiary/aromatic N) is 2. The molecule has 2 aromatic rings. The summed E-state index contributed by atoms with van der Waals surface area (Å²) in [6.07, 6.45) is 3.44. The van der Waals surface area contributed by atoms with Crippen molar-refractivity contribution in [2.75, 3.05) is 25.6 Å². The molecule has 0 aliphatic rings. The molecule has 0 amide bonds. The Balaban J connectivity index is 2.22. The molecule has 0 spiro atoms. The van der Waals surface area contributed by atoms with E-state index in [4.69, 9.17) is 4.74 Å². The second-order valence-corrected chi connectivity index (χ2v) is 4.49. The second kappa shape index (κ2) is 5.97. The zero-order valence-corrected chi connectivity index (χ0v) is 11.4. The van der Waals surface area contributed by atoms with E-state index >= 15 is 0 Å². The number of hydrogen-bond acceptors (Lipinski definition) is 3. The molecular weight excluding hydrogens is 301 g/mol. The van der Waals surface area contributed by atoms with Gasteiger partial charge in [-0.25, -0.2) is 9.37 Å². The molecule has 0 bridgehead atoms. The monoisotopic (exact) mass is 313 g/mol. The highest BCUT2D eigenvalue weighted by atomic mass is 79.9. The summed E-state index contributed by atoms with van der Waals surface area (Å²) in [5, 5.41) is 3.12. The van der Waals surface area contributed by atoms with Crippen molar-refractivity contribution < 1.29 is 9.13 Å². The molecule has 2 rings (SSSR count). The number of hydrogen-bond donors (Lipinski definition) is 1.